The first-order chi connectivity index (χ1) is 14.4. The number of anilines is 2. The molecule has 3 N–H and O–H groups in total. The molecule has 1 fully saturated rings. The number of pyridine rings is 2. The van der Waals surface area contributed by atoms with Gasteiger partial charge in [-0.05, 0) is 44.5 Å². The van der Waals surface area contributed by atoms with Gasteiger partial charge in [0.05, 0.1) is 0 Å². The Morgan fingerprint density at radius 3 is 2.27 bits per heavy atom. The molecule has 3 heterocycles. The highest BCUT2D eigenvalue weighted by atomic mass is 16.2. The van der Waals surface area contributed by atoms with E-state index in [-0.39, 0.29) is 17.2 Å². The minimum absolute atomic E-state index is 0.00369. The summed E-state index contributed by atoms with van der Waals surface area (Å²) in [7, 11) is 0. The smallest absolute Gasteiger partial charge is 0.254 e. The SMILES string of the molecule is CCNc1cc(C(=O)NC[C@@]2(C)CCN(C(=O)c3ccnc(NCC)c3)C2)ccn1. The third-order valence-corrected chi connectivity index (χ3v) is 5.27. The lowest BCUT2D eigenvalue weighted by molar-refractivity contribution is 0.0774. The van der Waals surface area contributed by atoms with Crippen LogP contribution < -0.4 is 16.0 Å². The van der Waals surface area contributed by atoms with Crippen molar-refractivity contribution in [3.8, 4) is 0 Å². The van der Waals surface area contributed by atoms with Gasteiger partial charge in [0, 0.05) is 61.7 Å². The maximum absolute atomic E-state index is 12.9. The van der Waals surface area contributed by atoms with Gasteiger partial charge in [-0.15, -0.1) is 0 Å². The zero-order chi connectivity index (χ0) is 21.6. The van der Waals surface area contributed by atoms with Crippen LogP contribution in [0.4, 0.5) is 11.6 Å². The number of rotatable bonds is 8. The van der Waals surface area contributed by atoms with Crippen LogP contribution >= 0.6 is 0 Å². The van der Waals surface area contributed by atoms with Crippen LogP contribution in [0.25, 0.3) is 0 Å². The third kappa shape index (κ3) is 5.25. The van der Waals surface area contributed by atoms with Crippen LogP contribution in [-0.2, 0) is 0 Å². The monoisotopic (exact) mass is 410 g/mol. The number of likely N-dealkylation sites (tertiary alicyclic amines) is 1. The highest BCUT2D eigenvalue weighted by Crippen LogP contribution is 2.30. The van der Waals surface area contributed by atoms with E-state index < -0.39 is 0 Å². The van der Waals surface area contributed by atoms with E-state index in [1.54, 1.807) is 36.7 Å². The van der Waals surface area contributed by atoms with E-state index >= 15 is 0 Å². The summed E-state index contributed by atoms with van der Waals surface area (Å²) in [5, 5.41) is 9.26. The second-order valence-corrected chi connectivity index (χ2v) is 7.89. The maximum Gasteiger partial charge on any atom is 0.254 e. The van der Waals surface area contributed by atoms with E-state index in [9.17, 15) is 9.59 Å². The summed E-state index contributed by atoms with van der Waals surface area (Å²) in [6.45, 7) is 9.35. The lowest BCUT2D eigenvalue weighted by Crippen LogP contribution is -2.39. The van der Waals surface area contributed by atoms with Gasteiger partial charge in [-0.3, -0.25) is 9.59 Å². The third-order valence-electron chi connectivity index (χ3n) is 5.27. The summed E-state index contributed by atoms with van der Waals surface area (Å²) in [6, 6.07) is 6.98. The molecule has 0 unspecified atom stereocenters. The van der Waals surface area contributed by atoms with E-state index in [0.29, 0.717) is 42.4 Å². The van der Waals surface area contributed by atoms with E-state index in [1.807, 2.05) is 18.7 Å². The van der Waals surface area contributed by atoms with Crippen LogP contribution in [0.3, 0.4) is 0 Å². The van der Waals surface area contributed by atoms with E-state index in [1.165, 1.54) is 0 Å². The zero-order valence-electron chi connectivity index (χ0n) is 17.9. The van der Waals surface area contributed by atoms with Crippen LogP contribution in [0.15, 0.2) is 36.7 Å². The molecule has 8 heteroatoms. The molecule has 1 aliphatic heterocycles. The van der Waals surface area contributed by atoms with Crippen molar-refractivity contribution < 1.29 is 9.59 Å². The molecule has 160 valence electrons. The summed E-state index contributed by atoms with van der Waals surface area (Å²) < 4.78 is 0. The summed E-state index contributed by atoms with van der Waals surface area (Å²) in [5.74, 6) is 1.25. The van der Waals surface area contributed by atoms with Crippen LogP contribution in [-0.4, -0.2) is 59.4 Å². The molecule has 3 rings (SSSR count). The number of carbonyl (C=O) groups is 2. The van der Waals surface area contributed by atoms with Gasteiger partial charge < -0.3 is 20.9 Å². The van der Waals surface area contributed by atoms with Crippen molar-refractivity contribution in [1.29, 1.82) is 0 Å². The Bertz CT molecular complexity index is 903. The second kappa shape index (κ2) is 9.56. The Morgan fingerprint density at radius 1 is 1.03 bits per heavy atom. The van der Waals surface area contributed by atoms with Crippen molar-refractivity contribution >= 4 is 23.5 Å². The predicted octanol–water partition coefficient (Wildman–Crippen LogP) is 2.62. The number of amides is 2. The van der Waals surface area contributed by atoms with Gasteiger partial charge in [0.2, 0.25) is 0 Å². The molecule has 0 aromatic carbocycles. The summed E-state index contributed by atoms with van der Waals surface area (Å²) >= 11 is 0. The van der Waals surface area contributed by atoms with Gasteiger partial charge in [-0.25, -0.2) is 9.97 Å². The molecular weight excluding hydrogens is 380 g/mol. The Labute approximate surface area is 177 Å². The molecule has 2 aromatic heterocycles. The van der Waals surface area contributed by atoms with Gasteiger partial charge >= 0.3 is 0 Å². The van der Waals surface area contributed by atoms with Gasteiger partial charge in [0.15, 0.2) is 0 Å². The topological polar surface area (TPSA) is 99.3 Å². The highest BCUT2D eigenvalue weighted by molar-refractivity contribution is 5.95. The molecule has 30 heavy (non-hydrogen) atoms. The first-order valence-electron chi connectivity index (χ1n) is 10.4. The number of hydrogen-bond donors (Lipinski definition) is 3. The minimum atomic E-state index is -0.166. The Kier molecular flexibility index (Phi) is 6.87. The number of aromatic nitrogens is 2. The molecule has 0 spiro atoms. The molecule has 1 atom stereocenters. The Morgan fingerprint density at radius 2 is 1.63 bits per heavy atom. The predicted molar refractivity (Wildman–Crippen MR) is 118 cm³/mol. The first kappa shape index (κ1) is 21.5. The quantitative estimate of drug-likeness (QED) is 0.619. The Balaban J connectivity index is 1.58. The summed E-state index contributed by atoms with van der Waals surface area (Å²) in [6.07, 6.45) is 4.11. The van der Waals surface area contributed by atoms with Gasteiger partial charge in [0.25, 0.3) is 11.8 Å². The van der Waals surface area contributed by atoms with Crippen molar-refractivity contribution in [2.75, 3.05) is 43.4 Å². The van der Waals surface area contributed by atoms with Crippen molar-refractivity contribution in [3.05, 3.63) is 47.8 Å². The first-order valence-corrected chi connectivity index (χ1v) is 10.4. The zero-order valence-corrected chi connectivity index (χ0v) is 17.9. The van der Waals surface area contributed by atoms with E-state index in [4.69, 9.17) is 0 Å². The van der Waals surface area contributed by atoms with Crippen molar-refractivity contribution in [1.82, 2.24) is 20.2 Å². The Hall–Kier alpha value is -3.16. The summed E-state index contributed by atoms with van der Waals surface area (Å²) in [4.78, 5) is 35.8. The molecule has 0 radical (unpaired) electrons. The van der Waals surface area contributed by atoms with E-state index in [2.05, 4.69) is 32.8 Å². The fraction of sp³-hybridized carbons (Fsp3) is 0.455. The number of hydrogen-bond acceptors (Lipinski definition) is 6. The minimum Gasteiger partial charge on any atom is -0.370 e. The fourth-order valence-corrected chi connectivity index (χ4v) is 3.61. The van der Waals surface area contributed by atoms with Crippen LogP contribution in [0, 0.1) is 5.41 Å². The maximum atomic E-state index is 12.9. The van der Waals surface area contributed by atoms with Crippen molar-refractivity contribution in [2.45, 2.75) is 27.2 Å². The molecule has 2 aromatic rings. The largest absolute Gasteiger partial charge is 0.370 e. The highest BCUT2D eigenvalue weighted by Gasteiger charge is 2.36. The lowest BCUT2D eigenvalue weighted by atomic mass is 9.89. The molecule has 0 aliphatic carbocycles. The molecular formula is C22H30N6O2. The molecule has 0 bridgehead atoms. The lowest BCUT2D eigenvalue weighted by Gasteiger charge is -2.25. The van der Waals surface area contributed by atoms with Gasteiger partial charge in [-0.2, -0.15) is 0 Å². The number of nitrogens with one attached hydrogen (secondary N) is 3. The number of carbonyl (C=O) groups excluding carboxylic acids is 2. The van der Waals surface area contributed by atoms with Crippen molar-refractivity contribution in [2.24, 2.45) is 5.41 Å². The average molecular weight is 411 g/mol. The van der Waals surface area contributed by atoms with Gasteiger partial charge in [-0.1, -0.05) is 6.92 Å². The molecule has 0 saturated carbocycles. The second-order valence-electron chi connectivity index (χ2n) is 7.89. The average Bonchev–Trinajstić information content (AvgIpc) is 3.15. The van der Waals surface area contributed by atoms with Crippen LogP contribution in [0.5, 0.6) is 0 Å². The standard InChI is InChI=1S/C22H30N6O2/c1-4-23-18-12-16(6-9-25-18)20(29)27-14-22(3)8-11-28(15-22)21(30)17-7-10-26-19(13-17)24-5-2/h6-7,9-10,12-13H,4-5,8,11,14-15H2,1-3H3,(H,23,25)(H,24,26)(H,27,29)/t22-/m1/s1. The number of nitrogens with zero attached hydrogens (tertiary/aromatic N) is 3. The van der Waals surface area contributed by atoms with Gasteiger partial charge in [0.1, 0.15) is 11.6 Å². The normalized spacial score (nSPS) is 18.2. The fourth-order valence-electron chi connectivity index (χ4n) is 3.61. The molecule has 1 aliphatic rings. The molecule has 8 nitrogen and oxygen atoms in total. The molecule has 2 amide bonds. The summed E-state index contributed by atoms with van der Waals surface area (Å²) in [5.41, 5.74) is 1.03. The van der Waals surface area contributed by atoms with Crippen LogP contribution in [0.1, 0.15) is 47.9 Å². The molecule has 1 saturated heterocycles. The van der Waals surface area contributed by atoms with Crippen molar-refractivity contribution in [3.63, 3.8) is 0 Å². The van der Waals surface area contributed by atoms with E-state index in [0.717, 1.165) is 19.5 Å². The van der Waals surface area contributed by atoms with Crippen LogP contribution in [0.2, 0.25) is 0 Å².